The first-order chi connectivity index (χ1) is 18.5. The highest BCUT2D eigenvalue weighted by Gasteiger charge is 2.41. The maximum Gasteiger partial charge on any atom is 0.348 e. The first kappa shape index (κ1) is 29.8. The van der Waals surface area contributed by atoms with Crippen molar-refractivity contribution in [2.75, 3.05) is 31.3 Å². The molecule has 1 saturated heterocycles. The van der Waals surface area contributed by atoms with Gasteiger partial charge in [0.2, 0.25) is 5.91 Å². The van der Waals surface area contributed by atoms with E-state index in [-0.39, 0.29) is 42.1 Å². The van der Waals surface area contributed by atoms with Crippen LogP contribution in [-0.2, 0) is 14.3 Å². The molecule has 4 rings (SSSR count). The van der Waals surface area contributed by atoms with Gasteiger partial charge in [-0.3, -0.25) is 4.79 Å². The van der Waals surface area contributed by atoms with Crippen LogP contribution in [0.1, 0.15) is 86.7 Å². The number of allylic oxidation sites excluding steroid dienone is 2. The van der Waals surface area contributed by atoms with Crippen molar-refractivity contribution in [2.24, 2.45) is 11.3 Å². The molecule has 2 fully saturated rings. The fraction of sp³-hybridized carbons (Fsp3) is 0.667. The van der Waals surface area contributed by atoms with E-state index in [1.807, 2.05) is 13.8 Å². The highest BCUT2D eigenvalue weighted by molar-refractivity contribution is 7.15. The zero-order chi connectivity index (χ0) is 28.2. The van der Waals surface area contributed by atoms with Crippen LogP contribution in [-0.4, -0.2) is 71.4 Å². The largest absolute Gasteiger partial charge is 0.477 e. The van der Waals surface area contributed by atoms with Gasteiger partial charge in [-0.05, 0) is 78.2 Å². The van der Waals surface area contributed by atoms with Crippen molar-refractivity contribution in [3.05, 3.63) is 27.5 Å². The summed E-state index contributed by atoms with van der Waals surface area (Å²) in [6.07, 6.45) is 7.16. The molecule has 3 N–H and O–H groups in total. The fourth-order valence-electron chi connectivity index (χ4n) is 5.39. The van der Waals surface area contributed by atoms with Gasteiger partial charge in [-0.15, -0.1) is 11.3 Å². The molecule has 2 aliphatic carbocycles. The number of carboxylic acid groups (broad SMARTS) is 1. The Morgan fingerprint density at radius 2 is 2.00 bits per heavy atom. The van der Waals surface area contributed by atoms with Crippen LogP contribution >= 0.6 is 11.3 Å². The van der Waals surface area contributed by atoms with Crippen LogP contribution < -0.4 is 4.90 Å². The minimum absolute atomic E-state index is 0.00640. The summed E-state index contributed by atoms with van der Waals surface area (Å²) in [5.74, 6) is 4.66. The first-order valence-electron chi connectivity index (χ1n) is 13.9. The molecule has 8 nitrogen and oxygen atoms in total. The Balaban J connectivity index is 1.60. The van der Waals surface area contributed by atoms with E-state index in [0.29, 0.717) is 55.9 Å². The number of nitrogens with zero attached hydrogens (tertiary/aromatic N) is 1. The molecule has 214 valence electrons. The number of hydrogen-bond acceptors (Lipinski definition) is 7. The molecule has 0 spiro atoms. The lowest BCUT2D eigenvalue weighted by Gasteiger charge is -2.42. The summed E-state index contributed by atoms with van der Waals surface area (Å²) in [5.41, 5.74) is 0.0435. The van der Waals surface area contributed by atoms with Crippen molar-refractivity contribution in [3.63, 3.8) is 0 Å². The standard InChI is InChI=1S/C30H41NO7S/c1-20-4-6-21(7-5-20)27(33)31(22-8-13-30(36,14-9-22)19-38-23-11-15-37-17-23)25-16-24(39-26(25)28(34)35)10-12-29(2,3)18-32/h4,16,21-23,32,36H,5-9,11,13-15,17-19H2,1-3H3,(H,34,35)/t21-,22?,23?,30?/m0/s1. The summed E-state index contributed by atoms with van der Waals surface area (Å²) >= 11 is 1.06. The van der Waals surface area contributed by atoms with Crippen molar-refractivity contribution in [2.45, 2.75) is 89.9 Å². The van der Waals surface area contributed by atoms with Crippen LogP contribution in [0.4, 0.5) is 5.69 Å². The maximum absolute atomic E-state index is 14.1. The summed E-state index contributed by atoms with van der Waals surface area (Å²) in [6.45, 7) is 7.03. The summed E-state index contributed by atoms with van der Waals surface area (Å²) in [6, 6.07) is 1.47. The molecule has 2 atom stereocenters. The second-order valence-corrected chi connectivity index (χ2v) is 13.0. The van der Waals surface area contributed by atoms with Gasteiger partial charge in [0, 0.05) is 24.0 Å². The van der Waals surface area contributed by atoms with Crippen molar-refractivity contribution in [3.8, 4) is 11.8 Å². The van der Waals surface area contributed by atoms with Crippen molar-refractivity contribution in [1.29, 1.82) is 0 Å². The van der Waals surface area contributed by atoms with Crippen LogP contribution in [0.5, 0.6) is 0 Å². The molecular weight excluding hydrogens is 518 g/mol. The number of hydrogen-bond donors (Lipinski definition) is 3. The lowest BCUT2D eigenvalue weighted by atomic mass is 9.81. The molecule has 1 amide bonds. The Labute approximate surface area is 235 Å². The summed E-state index contributed by atoms with van der Waals surface area (Å²) in [5, 5.41) is 30.9. The number of aliphatic hydroxyl groups is 2. The third-order valence-corrected chi connectivity index (χ3v) is 9.06. The van der Waals surface area contributed by atoms with Gasteiger partial charge in [-0.1, -0.05) is 23.5 Å². The monoisotopic (exact) mass is 559 g/mol. The molecule has 0 bridgehead atoms. The number of anilines is 1. The number of aromatic carboxylic acids is 1. The number of amides is 1. The number of carboxylic acids is 1. The number of carbonyl (C=O) groups excluding carboxylic acids is 1. The Bertz CT molecular complexity index is 1130. The second kappa shape index (κ2) is 12.5. The molecule has 3 aliphatic rings. The molecule has 1 aromatic rings. The fourth-order valence-corrected chi connectivity index (χ4v) is 6.23. The molecule has 0 aromatic carbocycles. The SMILES string of the molecule is CC1=CC[C@H](C(=O)N(c2cc(C#CC(C)(C)CO)sc2C(=O)O)C2CCC(O)(COC3CCOC3)CC2)CC1. The van der Waals surface area contributed by atoms with E-state index in [9.17, 15) is 24.9 Å². The average Bonchev–Trinajstić information content (AvgIpc) is 3.59. The van der Waals surface area contributed by atoms with E-state index in [0.717, 1.165) is 30.6 Å². The Kier molecular flexibility index (Phi) is 9.56. The molecule has 0 radical (unpaired) electrons. The molecule has 39 heavy (non-hydrogen) atoms. The van der Waals surface area contributed by atoms with Crippen LogP contribution in [0.25, 0.3) is 0 Å². The predicted molar refractivity (Wildman–Crippen MR) is 150 cm³/mol. The highest BCUT2D eigenvalue weighted by Crippen LogP contribution is 2.40. The third-order valence-electron chi connectivity index (χ3n) is 8.04. The minimum Gasteiger partial charge on any atom is -0.477 e. The highest BCUT2D eigenvalue weighted by atomic mass is 32.1. The van der Waals surface area contributed by atoms with E-state index < -0.39 is 17.0 Å². The van der Waals surface area contributed by atoms with Crippen molar-refractivity contribution < 1.29 is 34.4 Å². The van der Waals surface area contributed by atoms with Gasteiger partial charge < -0.3 is 29.7 Å². The number of rotatable bonds is 8. The Hall–Kier alpha value is -2.22. The number of aliphatic hydroxyl groups excluding tert-OH is 1. The van der Waals surface area contributed by atoms with Crippen molar-refractivity contribution in [1.82, 2.24) is 0 Å². The van der Waals surface area contributed by atoms with E-state index in [2.05, 4.69) is 24.8 Å². The normalized spacial score (nSPS) is 27.4. The lowest BCUT2D eigenvalue weighted by molar-refractivity contribution is -0.124. The Morgan fingerprint density at radius 1 is 1.26 bits per heavy atom. The maximum atomic E-state index is 14.1. The van der Waals surface area contributed by atoms with Gasteiger partial charge in [0.05, 0.1) is 42.1 Å². The van der Waals surface area contributed by atoms with Crippen LogP contribution in [0.2, 0.25) is 0 Å². The summed E-state index contributed by atoms with van der Waals surface area (Å²) in [4.78, 5) is 28.7. The van der Waals surface area contributed by atoms with E-state index in [1.54, 1.807) is 11.0 Å². The average molecular weight is 560 g/mol. The van der Waals surface area contributed by atoms with E-state index in [1.165, 1.54) is 5.57 Å². The smallest absolute Gasteiger partial charge is 0.348 e. The number of carbonyl (C=O) groups is 2. The van der Waals surface area contributed by atoms with Gasteiger partial charge in [-0.2, -0.15) is 0 Å². The van der Waals surface area contributed by atoms with Gasteiger partial charge in [0.15, 0.2) is 0 Å². The quantitative estimate of drug-likeness (QED) is 0.320. The van der Waals surface area contributed by atoms with Gasteiger partial charge in [0.25, 0.3) is 0 Å². The number of ether oxygens (including phenoxy) is 2. The van der Waals surface area contributed by atoms with Gasteiger partial charge >= 0.3 is 5.97 Å². The van der Waals surface area contributed by atoms with E-state index >= 15 is 0 Å². The van der Waals surface area contributed by atoms with Crippen molar-refractivity contribution >= 4 is 28.9 Å². The summed E-state index contributed by atoms with van der Waals surface area (Å²) in [7, 11) is 0. The van der Waals surface area contributed by atoms with Crippen LogP contribution in [0.15, 0.2) is 17.7 Å². The van der Waals surface area contributed by atoms with E-state index in [4.69, 9.17) is 9.47 Å². The zero-order valence-electron chi connectivity index (χ0n) is 23.2. The minimum atomic E-state index is -1.10. The number of thiophene rings is 1. The Morgan fingerprint density at radius 3 is 2.59 bits per heavy atom. The van der Waals surface area contributed by atoms with Gasteiger partial charge in [0.1, 0.15) is 4.88 Å². The zero-order valence-corrected chi connectivity index (χ0v) is 24.0. The molecular formula is C30H41NO7S. The molecule has 9 heteroatoms. The topological polar surface area (TPSA) is 117 Å². The van der Waals surface area contributed by atoms with Gasteiger partial charge in [-0.25, -0.2) is 4.79 Å². The predicted octanol–water partition coefficient (Wildman–Crippen LogP) is 4.37. The molecule has 1 saturated carbocycles. The molecule has 1 aliphatic heterocycles. The third kappa shape index (κ3) is 7.50. The van der Waals surface area contributed by atoms with Crippen LogP contribution in [0, 0.1) is 23.2 Å². The first-order valence-corrected chi connectivity index (χ1v) is 14.7. The summed E-state index contributed by atoms with van der Waals surface area (Å²) < 4.78 is 11.3. The molecule has 1 unspecified atom stereocenters. The van der Waals surface area contributed by atoms with Crippen LogP contribution in [0.3, 0.4) is 0 Å². The second-order valence-electron chi connectivity index (χ2n) is 11.9. The molecule has 2 heterocycles. The molecule has 1 aromatic heterocycles. The lowest BCUT2D eigenvalue weighted by Crippen LogP contribution is -2.50.